The fraction of sp³-hybridized carbons (Fsp3) is 0.500. The van der Waals surface area contributed by atoms with Crippen LogP contribution in [0.25, 0.3) is 10.9 Å². The number of carbonyl (C=O) groups is 2. The van der Waals surface area contributed by atoms with Crippen molar-refractivity contribution in [2.45, 2.75) is 39.2 Å². The SMILES string of the molecule is CCOC(=O)CCN1CCc2c([nH]c3ccccc23)[C@H]1CC(=O)OCC. The van der Waals surface area contributed by atoms with Crippen LogP contribution in [0.15, 0.2) is 24.3 Å². The van der Waals surface area contributed by atoms with Gasteiger partial charge in [0.2, 0.25) is 0 Å². The molecular formula is C20H26N2O4. The van der Waals surface area contributed by atoms with E-state index < -0.39 is 0 Å². The Morgan fingerprint density at radius 2 is 1.88 bits per heavy atom. The van der Waals surface area contributed by atoms with Crippen LogP contribution in [0.4, 0.5) is 0 Å². The first-order chi connectivity index (χ1) is 12.6. The van der Waals surface area contributed by atoms with E-state index in [2.05, 4.69) is 22.0 Å². The molecule has 1 aromatic heterocycles. The summed E-state index contributed by atoms with van der Waals surface area (Å²) in [5.41, 5.74) is 3.41. The minimum Gasteiger partial charge on any atom is -0.466 e. The lowest BCUT2D eigenvalue weighted by atomic mass is 9.95. The number of rotatable bonds is 7. The number of hydrogen-bond acceptors (Lipinski definition) is 5. The number of benzene rings is 1. The van der Waals surface area contributed by atoms with Crippen molar-refractivity contribution >= 4 is 22.8 Å². The number of aromatic amines is 1. The van der Waals surface area contributed by atoms with E-state index in [1.165, 1.54) is 10.9 Å². The van der Waals surface area contributed by atoms with E-state index in [9.17, 15) is 9.59 Å². The molecule has 0 spiro atoms. The number of nitrogens with one attached hydrogen (secondary N) is 1. The third-order valence-electron chi connectivity index (χ3n) is 4.84. The molecule has 26 heavy (non-hydrogen) atoms. The Morgan fingerprint density at radius 3 is 2.65 bits per heavy atom. The lowest BCUT2D eigenvalue weighted by Crippen LogP contribution is -2.38. The number of aromatic nitrogens is 1. The van der Waals surface area contributed by atoms with E-state index in [-0.39, 0.29) is 24.4 Å². The Morgan fingerprint density at radius 1 is 1.15 bits per heavy atom. The molecule has 1 aromatic carbocycles. The summed E-state index contributed by atoms with van der Waals surface area (Å²) in [5.74, 6) is -0.421. The Balaban J connectivity index is 1.85. The molecule has 2 heterocycles. The molecule has 1 aliphatic rings. The lowest BCUT2D eigenvalue weighted by Gasteiger charge is -2.35. The Kier molecular flexibility index (Phi) is 5.93. The first-order valence-electron chi connectivity index (χ1n) is 9.28. The fourth-order valence-electron chi connectivity index (χ4n) is 3.71. The standard InChI is InChI=1S/C20H26N2O4/c1-3-25-18(23)10-12-22-11-9-15-14-7-5-6-8-16(14)21-20(15)17(22)13-19(24)26-4-2/h5-8,17,21H,3-4,9-13H2,1-2H3/t17-/m1/s1. The largest absolute Gasteiger partial charge is 0.466 e. The molecule has 6 heteroatoms. The van der Waals surface area contributed by atoms with Crippen LogP contribution in [0.3, 0.4) is 0 Å². The van der Waals surface area contributed by atoms with Gasteiger partial charge in [0.15, 0.2) is 0 Å². The second kappa shape index (κ2) is 8.36. The Bertz CT molecular complexity index is 783. The van der Waals surface area contributed by atoms with Crippen LogP contribution in [0, 0.1) is 0 Å². The molecule has 0 amide bonds. The first kappa shape index (κ1) is 18.5. The minimum atomic E-state index is -0.217. The van der Waals surface area contributed by atoms with Gasteiger partial charge in [0.05, 0.1) is 32.1 Å². The van der Waals surface area contributed by atoms with Crippen LogP contribution < -0.4 is 0 Å². The molecule has 0 unspecified atom stereocenters. The van der Waals surface area contributed by atoms with Gasteiger partial charge in [-0.3, -0.25) is 14.5 Å². The molecule has 0 saturated carbocycles. The average molecular weight is 358 g/mol. The molecule has 3 rings (SSSR count). The predicted molar refractivity (Wildman–Crippen MR) is 98.8 cm³/mol. The molecule has 0 bridgehead atoms. The van der Waals surface area contributed by atoms with Crippen molar-refractivity contribution in [2.24, 2.45) is 0 Å². The van der Waals surface area contributed by atoms with E-state index in [0.717, 1.165) is 24.2 Å². The highest BCUT2D eigenvalue weighted by Gasteiger charge is 2.32. The summed E-state index contributed by atoms with van der Waals surface area (Å²) in [7, 11) is 0. The topological polar surface area (TPSA) is 71.6 Å². The lowest BCUT2D eigenvalue weighted by molar-refractivity contribution is -0.145. The molecular weight excluding hydrogens is 332 g/mol. The van der Waals surface area contributed by atoms with E-state index in [4.69, 9.17) is 9.47 Å². The maximum atomic E-state index is 12.2. The average Bonchev–Trinajstić information content (AvgIpc) is 3.00. The second-order valence-electron chi connectivity index (χ2n) is 6.43. The van der Waals surface area contributed by atoms with E-state index >= 15 is 0 Å². The van der Waals surface area contributed by atoms with Gasteiger partial charge in [0.1, 0.15) is 0 Å². The number of para-hydroxylation sites is 1. The molecule has 0 aliphatic carbocycles. The summed E-state index contributed by atoms with van der Waals surface area (Å²) in [6.07, 6.45) is 1.49. The highest BCUT2D eigenvalue weighted by atomic mass is 16.5. The smallest absolute Gasteiger partial charge is 0.307 e. The van der Waals surface area contributed by atoms with Crippen molar-refractivity contribution in [1.82, 2.24) is 9.88 Å². The van der Waals surface area contributed by atoms with Gasteiger partial charge < -0.3 is 14.5 Å². The van der Waals surface area contributed by atoms with Crippen LogP contribution in [0.5, 0.6) is 0 Å². The molecule has 1 aliphatic heterocycles. The zero-order valence-corrected chi connectivity index (χ0v) is 15.4. The van der Waals surface area contributed by atoms with Gasteiger partial charge in [-0.25, -0.2) is 0 Å². The first-order valence-corrected chi connectivity index (χ1v) is 9.28. The molecule has 2 aromatic rings. The third-order valence-corrected chi connectivity index (χ3v) is 4.84. The number of H-pyrrole nitrogens is 1. The third kappa shape index (κ3) is 3.90. The number of nitrogens with zero attached hydrogens (tertiary/aromatic N) is 1. The minimum absolute atomic E-state index is 0.111. The number of hydrogen-bond donors (Lipinski definition) is 1. The molecule has 1 N–H and O–H groups in total. The van der Waals surface area contributed by atoms with Crippen LogP contribution in [0.1, 0.15) is 44.0 Å². The van der Waals surface area contributed by atoms with Crippen LogP contribution in [-0.2, 0) is 25.5 Å². The van der Waals surface area contributed by atoms with Gasteiger partial charge in [-0.05, 0) is 31.9 Å². The van der Waals surface area contributed by atoms with Gasteiger partial charge in [-0.1, -0.05) is 18.2 Å². The van der Waals surface area contributed by atoms with Crippen LogP contribution >= 0.6 is 0 Å². The summed E-state index contributed by atoms with van der Waals surface area (Å²) in [6.45, 7) is 5.74. The Labute approximate surface area is 153 Å². The number of esters is 2. The maximum absolute atomic E-state index is 12.2. The second-order valence-corrected chi connectivity index (χ2v) is 6.43. The van der Waals surface area contributed by atoms with Gasteiger partial charge >= 0.3 is 11.9 Å². The van der Waals surface area contributed by atoms with Crippen molar-refractivity contribution in [1.29, 1.82) is 0 Å². The van der Waals surface area contributed by atoms with Crippen molar-refractivity contribution < 1.29 is 19.1 Å². The van der Waals surface area contributed by atoms with Crippen molar-refractivity contribution in [2.75, 3.05) is 26.3 Å². The summed E-state index contributed by atoms with van der Waals surface area (Å²) < 4.78 is 10.2. The van der Waals surface area contributed by atoms with E-state index in [1.807, 2.05) is 19.1 Å². The summed E-state index contributed by atoms with van der Waals surface area (Å²) in [5, 5.41) is 1.21. The zero-order valence-electron chi connectivity index (χ0n) is 15.4. The summed E-state index contributed by atoms with van der Waals surface area (Å²) in [4.78, 5) is 29.6. The number of fused-ring (bicyclic) bond motifs is 3. The molecule has 1 atom stereocenters. The molecule has 0 saturated heterocycles. The van der Waals surface area contributed by atoms with Crippen molar-refractivity contribution in [3.63, 3.8) is 0 Å². The normalized spacial score (nSPS) is 17.1. The molecule has 6 nitrogen and oxygen atoms in total. The predicted octanol–water partition coefficient (Wildman–Crippen LogP) is 2.97. The van der Waals surface area contributed by atoms with Gasteiger partial charge in [0.25, 0.3) is 0 Å². The van der Waals surface area contributed by atoms with Crippen LogP contribution in [0.2, 0.25) is 0 Å². The number of carbonyl (C=O) groups excluding carboxylic acids is 2. The highest BCUT2D eigenvalue weighted by Crippen LogP contribution is 2.36. The van der Waals surface area contributed by atoms with Gasteiger partial charge in [-0.15, -0.1) is 0 Å². The maximum Gasteiger partial charge on any atom is 0.307 e. The van der Waals surface area contributed by atoms with Gasteiger partial charge in [-0.2, -0.15) is 0 Å². The molecule has 0 radical (unpaired) electrons. The zero-order chi connectivity index (χ0) is 18.5. The summed E-state index contributed by atoms with van der Waals surface area (Å²) in [6, 6.07) is 8.09. The quantitative estimate of drug-likeness (QED) is 0.771. The van der Waals surface area contributed by atoms with E-state index in [1.54, 1.807) is 6.92 Å². The fourth-order valence-corrected chi connectivity index (χ4v) is 3.71. The van der Waals surface area contributed by atoms with Crippen molar-refractivity contribution in [3.05, 3.63) is 35.5 Å². The Hall–Kier alpha value is -2.34. The summed E-state index contributed by atoms with van der Waals surface area (Å²) >= 11 is 0. The van der Waals surface area contributed by atoms with Crippen molar-refractivity contribution in [3.8, 4) is 0 Å². The van der Waals surface area contributed by atoms with E-state index in [0.29, 0.717) is 26.2 Å². The van der Waals surface area contributed by atoms with Crippen LogP contribution in [-0.4, -0.2) is 48.1 Å². The highest BCUT2D eigenvalue weighted by molar-refractivity contribution is 5.85. The molecule has 0 fully saturated rings. The number of ether oxygens (including phenoxy) is 2. The molecule has 140 valence electrons. The monoisotopic (exact) mass is 358 g/mol. The van der Waals surface area contributed by atoms with Gasteiger partial charge in [0, 0.05) is 29.7 Å².